The molecule has 0 aliphatic heterocycles. The fourth-order valence-corrected chi connectivity index (χ4v) is 4.92. The lowest BCUT2D eigenvalue weighted by Crippen LogP contribution is -2.30. The summed E-state index contributed by atoms with van der Waals surface area (Å²) in [5.74, 6) is -0.759. The van der Waals surface area contributed by atoms with E-state index in [9.17, 15) is 24.5 Å². The molecule has 0 saturated carbocycles. The summed E-state index contributed by atoms with van der Waals surface area (Å²) < 4.78 is 5.40. The van der Waals surface area contributed by atoms with E-state index in [2.05, 4.69) is 16.0 Å². The van der Waals surface area contributed by atoms with Gasteiger partial charge in [-0.1, -0.05) is 42.5 Å². The fourth-order valence-electron chi connectivity index (χ4n) is 4.05. The van der Waals surface area contributed by atoms with E-state index >= 15 is 0 Å². The van der Waals surface area contributed by atoms with Crippen LogP contribution in [-0.2, 0) is 9.59 Å². The summed E-state index contributed by atoms with van der Waals surface area (Å²) in [6.45, 7) is 3.49. The largest absolute Gasteiger partial charge is 0.496 e. The molecule has 11 heteroatoms. The maximum Gasteiger partial charge on any atom is 0.272 e. The zero-order valence-electron chi connectivity index (χ0n) is 24.2. The molecule has 0 spiro atoms. The number of nitrogens with one attached hydrogen (secondary N) is 3. The molecular formula is C33H30N4O6S. The second kappa shape index (κ2) is 14.7. The number of aryl methyl sites for hydroxylation is 1. The molecule has 0 heterocycles. The van der Waals surface area contributed by atoms with Crippen LogP contribution < -0.4 is 20.7 Å². The summed E-state index contributed by atoms with van der Waals surface area (Å²) >= 11 is 1.29. The summed E-state index contributed by atoms with van der Waals surface area (Å²) in [6.07, 6.45) is 1.54. The molecule has 224 valence electrons. The van der Waals surface area contributed by atoms with Crippen molar-refractivity contribution in [2.45, 2.75) is 24.0 Å². The SMILES string of the molecule is COc1ccccc1/C=C(\NC(=O)c1ccccc1)C(=O)Nc1ccc(SC(C)C(=O)Nc2cc([N+](=O)[O-])ccc2C)cc1. The fraction of sp³-hybridized carbons (Fsp3) is 0.121. The highest BCUT2D eigenvalue weighted by Crippen LogP contribution is 2.28. The van der Waals surface area contributed by atoms with Crippen LogP contribution in [0.3, 0.4) is 0 Å². The molecule has 0 aliphatic rings. The number of hydrogen-bond acceptors (Lipinski definition) is 7. The van der Waals surface area contributed by atoms with Crippen LogP contribution in [0.25, 0.3) is 6.08 Å². The first kappa shape index (κ1) is 31.5. The van der Waals surface area contributed by atoms with Crippen molar-refractivity contribution in [2.75, 3.05) is 17.7 Å². The van der Waals surface area contributed by atoms with Crippen LogP contribution >= 0.6 is 11.8 Å². The maximum absolute atomic E-state index is 13.4. The van der Waals surface area contributed by atoms with Gasteiger partial charge in [0.25, 0.3) is 17.5 Å². The lowest BCUT2D eigenvalue weighted by atomic mass is 10.1. The summed E-state index contributed by atoms with van der Waals surface area (Å²) in [4.78, 5) is 50.5. The smallest absolute Gasteiger partial charge is 0.272 e. The highest BCUT2D eigenvalue weighted by atomic mass is 32.2. The van der Waals surface area contributed by atoms with E-state index in [0.717, 1.165) is 4.90 Å². The quantitative estimate of drug-likeness (QED) is 0.0768. The first-order chi connectivity index (χ1) is 21.1. The number of benzene rings is 4. The van der Waals surface area contributed by atoms with Crippen LogP contribution in [0.1, 0.15) is 28.4 Å². The Bertz CT molecular complexity index is 1710. The van der Waals surface area contributed by atoms with Gasteiger partial charge in [0.05, 0.1) is 23.0 Å². The van der Waals surface area contributed by atoms with Gasteiger partial charge in [-0.05, 0) is 68.0 Å². The number of rotatable bonds is 11. The number of thioether (sulfide) groups is 1. The van der Waals surface area contributed by atoms with Crippen molar-refractivity contribution < 1.29 is 24.0 Å². The maximum atomic E-state index is 13.4. The Kier molecular flexibility index (Phi) is 10.5. The van der Waals surface area contributed by atoms with E-state index < -0.39 is 22.0 Å². The van der Waals surface area contributed by atoms with Gasteiger partial charge in [0, 0.05) is 33.8 Å². The van der Waals surface area contributed by atoms with Crippen LogP contribution in [0.4, 0.5) is 17.1 Å². The first-order valence-electron chi connectivity index (χ1n) is 13.5. The van der Waals surface area contributed by atoms with Crippen molar-refractivity contribution in [3.05, 3.63) is 130 Å². The molecule has 4 aromatic carbocycles. The number of amides is 3. The Morgan fingerprint density at radius 1 is 0.909 bits per heavy atom. The number of carbonyl (C=O) groups is 3. The van der Waals surface area contributed by atoms with Gasteiger partial charge in [0.15, 0.2) is 0 Å². The van der Waals surface area contributed by atoms with Crippen molar-refractivity contribution in [3.63, 3.8) is 0 Å². The van der Waals surface area contributed by atoms with E-state index in [1.807, 2.05) is 0 Å². The third-order valence-electron chi connectivity index (χ3n) is 6.45. The lowest BCUT2D eigenvalue weighted by Gasteiger charge is -2.14. The highest BCUT2D eigenvalue weighted by Gasteiger charge is 2.19. The zero-order valence-corrected chi connectivity index (χ0v) is 25.0. The van der Waals surface area contributed by atoms with Crippen LogP contribution in [0.15, 0.2) is 108 Å². The molecule has 44 heavy (non-hydrogen) atoms. The number of non-ortho nitro benzene ring substituents is 1. The van der Waals surface area contributed by atoms with Gasteiger partial charge in [-0.25, -0.2) is 0 Å². The minimum atomic E-state index is -0.541. The van der Waals surface area contributed by atoms with E-state index in [1.165, 1.54) is 31.0 Å². The highest BCUT2D eigenvalue weighted by molar-refractivity contribution is 8.00. The van der Waals surface area contributed by atoms with Crippen molar-refractivity contribution >= 4 is 52.6 Å². The third-order valence-corrected chi connectivity index (χ3v) is 7.56. The molecule has 10 nitrogen and oxygen atoms in total. The van der Waals surface area contributed by atoms with Crippen LogP contribution in [0.5, 0.6) is 5.75 Å². The molecule has 0 saturated heterocycles. The summed E-state index contributed by atoms with van der Waals surface area (Å²) in [7, 11) is 1.52. The van der Waals surface area contributed by atoms with Crippen LogP contribution in [0, 0.1) is 17.0 Å². The van der Waals surface area contributed by atoms with Gasteiger partial charge in [-0.15, -0.1) is 11.8 Å². The average molecular weight is 611 g/mol. The number of para-hydroxylation sites is 1. The Balaban J connectivity index is 1.45. The summed E-state index contributed by atoms with van der Waals surface area (Å²) in [5, 5.41) is 18.9. The van der Waals surface area contributed by atoms with E-state index in [4.69, 9.17) is 4.74 Å². The minimum absolute atomic E-state index is 0.0172. The summed E-state index contributed by atoms with van der Waals surface area (Å²) in [5.41, 5.74) is 2.47. The normalized spacial score (nSPS) is 11.7. The van der Waals surface area contributed by atoms with E-state index in [-0.39, 0.29) is 17.3 Å². The molecule has 0 bridgehead atoms. The van der Waals surface area contributed by atoms with Gasteiger partial charge in [0.2, 0.25) is 5.91 Å². The molecule has 0 aromatic heterocycles. The lowest BCUT2D eigenvalue weighted by molar-refractivity contribution is -0.384. The van der Waals surface area contributed by atoms with Crippen molar-refractivity contribution in [3.8, 4) is 5.75 Å². The second-order valence-electron chi connectivity index (χ2n) is 9.60. The molecule has 3 amide bonds. The van der Waals surface area contributed by atoms with Crippen LogP contribution in [0.2, 0.25) is 0 Å². The molecule has 0 radical (unpaired) electrons. The van der Waals surface area contributed by atoms with E-state index in [1.54, 1.807) is 105 Å². The predicted molar refractivity (Wildman–Crippen MR) is 172 cm³/mol. The molecule has 4 aromatic rings. The zero-order chi connectivity index (χ0) is 31.6. The second-order valence-corrected chi connectivity index (χ2v) is 11.0. The first-order valence-corrected chi connectivity index (χ1v) is 14.4. The monoisotopic (exact) mass is 610 g/mol. The molecule has 0 fully saturated rings. The van der Waals surface area contributed by atoms with Crippen molar-refractivity contribution in [1.82, 2.24) is 5.32 Å². The molecular weight excluding hydrogens is 580 g/mol. The molecule has 1 atom stereocenters. The Labute approximate surface area is 258 Å². The minimum Gasteiger partial charge on any atom is -0.496 e. The van der Waals surface area contributed by atoms with Crippen molar-refractivity contribution in [1.29, 1.82) is 0 Å². The number of nitro groups is 1. The third kappa shape index (κ3) is 8.33. The predicted octanol–water partition coefficient (Wildman–Crippen LogP) is 6.44. The van der Waals surface area contributed by atoms with Crippen LogP contribution in [-0.4, -0.2) is 35.0 Å². The molecule has 3 N–H and O–H groups in total. The Morgan fingerprint density at radius 2 is 1.59 bits per heavy atom. The number of nitrogens with zero attached hydrogens (tertiary/aromatic N) is 1. The number of nitro benzene ring substituents is 1. The van der Waals surface area contributed by atoms with Crippen molar-refractivity contribution in [2.24, 2.45) is 0 Å². The molecule has 4 rings (SSSR count). The molecule has 0 aliphatic carbocycles. The summed E-state index contributed by atoms with van der Waals surface area (Å²) in [6, 6.07) is 26.9. The van der Waals surface area contributed by atoms with Gasteiger partial charge in [0.1, 0.15) is 11.4 Å². The standard InChI is InChI=1S/C33H30N4O6S/c1-21-13-16-26(37(41)42)20-28(21)35-31(38)22(2)44-27-17-14-25(15-18-27)34-33(40)29(19-24-11-7-8-12-30(24)43-3)36-32(39)23-9-5-4-6-10-23/h4-20,22H,1-3H3,(H,34,40)(H,35,38)(H,36,39)/b29-19-. The topological polar surface area (TPSA) is 140 Å². The number of carbonyl (C=O) groups excluding carboxylic acids is 3. The average Bonchev–Trinajstić information content (AvgIpc) is 3.03. The van der Waals surface area contributed by atoms with E-state index in [0.29, 0.717) is 33.8 Å². The van der Waals surface area contributed by atoms with Gasteiger partial charge >= 0.3 is 0 Å². The molecule has 1 unspecified atom stereocenters. The van der Waals surface area contributed by atoms with Gasteiger partial charge in [-0.3, -0.25) is 24.5 Å². The number of methoxy groups -OCH3 is 1. The Morgan fingerprint density at radius 3 is 2.27 bits per heavy atom. The van der Waals surface area contributed by atoms with Gasteiger partial charge < -0.3 is 20.7 Å². The van der Waals surface area contributed by atoms with Gasteiger partial charge in [-0.2, -0.15) is 0 Å². The number of anilines is 2. The number of ether oxygens (including phenoxy) is 1. The Hall–Kier alpha value is -5.42. The number of hydrogen-bond donors (Lipinski definition) is 3.